The van der Waals surface area contributed by atoms with E-state index in [9.17, 15) is 18.8 Å². The number of halogens is 1. The lowest BCUT2D eigenvalue weighted by Gasteiger charge is -2.34. The highest BCUT2D eigenvalue weighted by atomic mass is 19.1. The van der Waals surface area contributed by atoms with Gasteiger partial charge < -0.3 is 25.4 Å². The molecule has 0 aliphatic carbocycles. The first-order valence-corrected chi connectivity index (χ1v) is 15.5. The summed E-state index contributed by atoms with van der Waals surface area (Å²) in [7, 11) is 3.37. The molecule has 1 fully saturated rings. The van der Waals surface area contributed by atoms with Gasteiger partial charge in [0, 0.05) is 25.2 Å². The van der Waals surface area contributed by atoms with Gasteiger partial charge in [0.15, 0.2) is 0 Å². The molecule has 45 heavy (non-hydrogen) atoms. The number of nitrogens with zero attached hydrogens (tertiary/aromatic N) is 3. The molecule has 3 amide bonds. The van der Waals surface area contributed by atoms with E-state index in [1.807, 2.05) is 62.4 Å². The number of para-hydroxylation sites is 1. The molecule has 1 aliphatic rings. The number of rotatable bonds is 11. The van der Waals surface area contributed by atoms with Crippen molar-refractivity contribution in [1.82, 2.24) is 30.4 Å². The molecule has 10 heteroatoms. The second-order valence-electron chi connectivity index (χ2n) is 11.8. The number of carbonyl (C=O) groups is 3. The predicted molar refractivity (Wildman–Crippen MR) is 173 cm³/mol. The van der Waals surface area contributed by atoms with Crippen molar-refractivity contribution in [3.63, 3.8) is 0 Å². The van der Waals surface area contributed by atoms with E-state index in [-0.39, 0.29) is 48.6 Å². The van der Waals surface area contributed by atoms with Crippen LogP contribution in [0.2, 0.25) is 0 Å². The Morgan fingerprint density at radius 2 is 1.76 bits per heavy atom. The first-order valence-electron chi connectivity index (χ1n) is 15.5. The molecule has 3 N–H and O–H groups in total. The second kappa shape index (κ2) is 14.0. The lowest BCUT2D eigenvalue weighted by Crippen LogP contribution is -2.57. The number of aromatic nitrogens is 2. The molecule has 1 unspecified atom stereocenters. The summed E-state index contributed by atoms with van der Waals surface area (Å²) in [6.45, 7) is 3.92. The summed E-state index contributed by atoms with van der Waals surface area (Å²) < 4.78 is 13.6. The van der Waals surface area contributed by atoms with Crippen molar-refractivity contribution in [2.24, 2.45) is 0 Å². The summed E-state index contributed by atoms with van der Waals surface area (Å²) in [6.07, 6.45) is 2.19. The summed E-state index contributed by atoms with van der Waals surface area (Å²) in [6, 6.07) is 19.7. The van der Waals surface area contributed by atoms with Crippen molar-refractivity contribution in [2.45, 2.75) is 63.7 Å². The van der Waals surface area contributed by atoms with Gasteiger partial charge in [0.1, 0.15) is 17.7 Å². The zero-order valence-electron chi connectivity index (χ0n) is 26.2. The van der Waals surface area contributed by atoms with Crippen LogP contribution < -0.4 is 10.6 Å². The zero-order chi connectivity index (χ0) is 32.1. The molecular formula is C35H41FN6O3. The fourth-order valence-electron chi connectivity index (χ4n) is 6.13. The summed E-state index contributed by atoms with van der Waals surface area (Å²) in [5.41, 5.74) is 4.13. The number of amides is 3. The Morgan fingerprint density at radius 1 is 1.02 bits per heavy atom. The lowest BCUT2D eigenvalue weighted by molar-refractivity contribution is -0.141. The van der Waals surface area contributed by atoms with Gasteiger partial charge in [-0.25, -0.2) is 9.37 Å². The van der Waals surface area contributed by atoms with Crippen LogP contribution in [-0.2, 0) is 20.8 Å². The number of likely N-dealkylation sites (tertiary alicyclic amines) is 1. The van der Waals surface area contributed by atoms with Crippen molar-refractivity contribution < 1.29 is 18.8 Å². The first kappa shape index (κ1) is 31.8. The molecule has 2 heterocycles. The van der Waals surface area contributed by atoms with Crippen LogP contribution in [-0.4, -0.2) is 76.3 Å². The van der Waals surface area contributed by atoms with Crippen LogP contribution in [0, 0.1) is 5.82 Å². The number of fused-ring (bicyclic) bond motifs is 1. The van der Waals surface area contributed by atoms with Crippen LogP contribution >= 0.6 is 0 Å². The number of H-pyrrole nitrogens is 1. The number of hydrogen-bond donors (Lipinski definition) is 3. The monoisotopic (exact) mass is 612 g/mol. The summed E-state index contributed by atoms with van der Waals surface area (Å²) in [4.78, 5) is 52.5. The minimum atomic E-state index is -0.952. The van der Waals surface area contributed by atoms with Gasteiger partial charge in [-0.3, -0.25) is 14.4 Å². The van der Waals surface area contributed by atoms with Crippen LogP contribution in [0.25, 0.3) is 22.2 Å². The van der Waals surface area contributed by atoms with Crippen molar-refractivity contribution in [3.05, 3.63) is 90.0 Å². The van der Waals surface area contributed by atoms with Crippen molar-refractivity contribution in [1.29, 1.82) is 0 Å². The number of hydrogen-bond acceptors (Lipinski definition) is 5. The number of aromatic amines is 1. The number of imidazole rings is 1. The third kappa shape index (κ3) is 7.06. The van der Waals surface area contributed by atoms with Gasteiger partial charge in [0.05, 0.1) is 29.5 Å². The average Bonchev–Trinajstić information content (AvgIpc) is 3.65. The van der Waals surface area contributed by atoms with E-state index >= 15 is 0 Å². The Hall–Kier alpha value is -4.57. The molecule has 5 rings (SSSR count). The quantitative estimate of drug-likeness (QED) is 0.229. The van der Waals surface area contributed by atoms with E-state index < -0.39 is 12.1 Å². The van der Waals surface area contributed by atoms with E-state index in [4.69, 9.17) is 4.98 Å². The number of carbonyl (C=O) groups excluding carboxylic acids is 3. The molecule has 236 valence electrons. The molecular weight excluding hydrogens is 571 g/mol. The summed E-state index contributed by atoms with van der Waals surface area (Å²) in [5, 5.41) is 5.95. The van der Waals surface area contributed by atoms with Crippen LogP contribution in [0.1, 0.15) is 50.5 Å². The summed E-state index contributed by atoms with van der Waals surface area (Å²) >= 11 is 0. The second-order valence-corrected chi connectivity index (χ2v) is 11.8. The van der Waals surface area contributed by atoms with Crippen LogP contribution in [0.4, 0.5) is 4.39 Å². The largest absolute Gasteiger partial charge is 0.343 e. The molecule has 4 atom stereocenters. The van der Waals surface area contributed by atoms with Crippen molar-refractivity contribution in [3.8, 4) is 11.1 Å². The van der Waals surface area contributed by atoms with Gasteiger partial charge in [-0.15, -0.1) is 0 Å². The highest BCUT2D eigenvalue weighted by molar-refractivity contribution is 5.93. The molecule has 0 radical (unpaired) electrons. The maximum atomic E-state index is 14.4. The van der Waals surface area contributed by atoms with E-state index in [0.717, 1.165) is 34.1 Å². The predicted octanol–water partition coefficient (Wildman–Crippen LogP) is 4.60. The van der Waals surface area contributed by atoms with E-state index in [1.165, 1.54) is 17.0 Å². The van der Waals surface area contributed by atoms with E-state index in [0.29, 0.717) is 18.7 Å². The Bertz CT molecular complexity index is 1640. The first-order chi connectivity index (χ1) is 21.7. The maximum absolute atomic E-state index is 14.4. The third-order valence-electron chi connectivity index (χ3n) is 8.69. The molecule has 9 nitrogen and oxygen atoms in total. The van der Waals surface area contributed by atoms with Gasteiger partial charge in [0.2, 0.25) is 17.7 Å². The van der Waals surface area contributed by atoms with Gasteiger partial charge >= 0.3 is 0 Å². The minimum Gasteiger partial charge on any atom is -0.343 e. The van der Waals surface area contributed by atoms with Crippen molar-refractivity contribution >= 4 is 28.8 Å². The topological polar surface area (TPSA) is 110 Å². The van der Waals surface area contributed by atoms with Gasteiger partial charge in [-0.05, 0) is 62.6 Å². The number of nitrogens with one attached hydrogen (secondary N) is 3. The van der Waals surface area contributed by atoms with Gasteiger partial charge in [-0.1, -0.05) is 61.5 Å². The SMILES string of the molecule is CC[C@H](NC)C(=O)N[C@@H](CN(C)C(=O)Cc1ccccc1)C(=O)N1C(C)CC[C@H]1c1nc2c(-c3ccc(F)cc3)cccc2[nH]1. The zero-order valence-corrected chi connectivity index (χ0v) is 26.2. The Kier molecular flexibility index (Phi) is 9.93. The molecule has 3 aromatic carbocycles. The molecule has 1 aromatic heterocycles. The fourth-order valence-corrected chi connectivity index (χ4v) is 6.13. The van der Waals surface area contributed by atoms with E-state index in [2.05, 4.69) is 15.6 Å². The Labute approximate surface area is 263 Å². The molecule has 1 aliphatic heterocycles. The Morgan fingerprint density at radius 3 is 2.44 bits per heavy atom. The minimum absolute atomic E-state index is 0.0289. The Balaban J connectivity index is 1.43. The maximum Gasteiger partial charge on any atom is 0.247 e. The number of likely N-dealkylation sites (N-methyl/N-ethyl adjacent to an activating group) is 2. The molecule has 0 bridgehead atoms. The highest BCUT2D eigenvalue weighted by Crippen LogP contribution is 2.37. The summed E-state index contributed by atoms with van der Waals surface area (Å²) in [5.74, 6) is -0.360. The normalized spacial score (nSPS) is 17.7. The average molecular weight is 613 g/mol. The van der Waals surface area contributed by atoms with Crippen LogP contribution in [0.3, 0.4) is 0 Å². The number of benzene rings is 3. The van der Waals surface area contributed by atoms with E-state index in [1.54, 1.807) is 31.1 Å². The molecule has 0 spiro atoms. The third-order valence-corrected chi connectivity index (χ3v) is 8.69. The van der Waals surface area contributed by atoms with Crippen molar-refractivity contribution in [2.75, 3.05) is 20.6 Å². The van der Waals surface area contributed by atoms with Crippen LogP contribution in [0.5, 0.6) is 0 Å². The highest BCUT2D eigenvalue weighted by Gasteiger charge is 2.41. The molecule has 1 saturated heterocycles. The molecule has 4 aromatic rings. The molecule has 0 saturated carbocycles. The lowest BCUT2D eigenvalue weighted by atomic mass is 10.0. The standard InChI is InChI=1S/C35H41FN6O3/c1-5-27(37-3)34(44)39-29(21-41(4)31(43)20-23-10-7-6-8-11-23)35(45)42-22(2)14-19-30(42)33-38-28-13-9-12-26(32(28)40-33)24-15-17-25(36)18-16-24/h6-13,15-18,22,27,29-30,37H,5,14,19-21H2,1-4H3,(H,38,40)(H,39,44)/t22?,27-,29-,30-/m0/s1. The smallest absolute Gasteiger partial charge is 0.247 e. The van der Waals surface area contributed by atoms with Gasteiger partial charge in [0.25, 0.3) is 0 Å². The fraction of sp³-hybridized carbons (Fsp3) is 0.371. The van der Waals surface area contributed by atoms with Gasteiger partial charge in [-0.2, -0.15) is 0 Å². The van der Waals surface area contributed by atoms with Crippen LogP contribution in [0.15, 0.2) is 72.8 Å².